The maximum absolute atomic E-state index is 12.1. The van der Waals surface area contributed by atoms with Crippen LogP contribution in [0, 0.1) is 0 Å². The predicted octanol–water partition coefficient (Wildman–Crippen LogP) is 2.92. The van der Waals surface area contributed by atoms with Crippen molar-refractivity contribution in [2.45, 2.75) is 19.9 Å². The van der Waals surface area contributed by atoms with Crippen molar-refractivity contribution in [3.63, 3.8) is 0 Å². The summed E-state index contributed by atoms with van der Waals surface area (Å²) in [6, 6.07) is 5.49. The van der Waals surface area contributed by atoms with Crippen molar-refractivity contribution < 1.29 is 9.53 Å². The Morgan fingerprint density at radius 2 is 1.90 bits per heavy atom. The Morgan fingerprint density at radius 1 is 1.24 bits per heavy atom. The van der Waals surface area contributed by atoms with Gasteiger partial charge in [-0.15, -0.1) is 0 Å². The zero-order chi connectivity index (χ0) is 15.4. The van der Waals surface area contributed by atoms with Gasteiger partial charge in [-0.1, -0.05) is 23.2 Å². The molecule has 0 radical (unpaired) electrons. The highest BCUT2D eigenvalue weighted by Crippen LogP contribution is 2.27. The van der Waals surface area contributed by atoms with E-state index in [1.165, 1.54) is 0 Å². The fraction of sp³-hybridized carbons (Fsp3) is 0.533. The first-order valence-corrected chi connectivity index (χ1v) is 7.82. The summed E-state index contributed by atoms with van der Waals surface area (Å²) in [4.78, 5) is 16.3. The molecule has 116 valence electrons. The van der Waals surface area contributed by atoms with Gasteiger partial charge in [0.2, 0.25) is 0 Å². The summed E-state index contributed by atoms with van der Waals surface area (Å²) in [6.45, 7) is 7.65. The molecular weight excluding hydrogens is 311 g/mol. The Bertz CT molecular complexity index is 500. The Labute approximate surface area is 135 Å². The molecule has 0 spiro atoms. The summed E-state index contributed by atoms with van der Waals surface area (Å²) in [6.07, 6.45) is 0. The SMILES string of the molecule is CC(C)N1CCN(C(=O)COc2ccc(Cl)cc2Cl)CC1. The van der Waals surface area contributed by atoms with Gasteiger partial charge < -0.3 is 9.64 Å². The van der Waals surface area contributed by atoms with Crippen LogP contribution in [0.15, 0.2) is 18.2 Å². The highest BCUT2D eigenvalue weighted by atomic mass is 35.5. The van der Waals surface area contributed by atoms with Crippen molar-refractivity contribution in [3.8, 4) is 5.75 Å². The van der Waals surface area contributed by atoms with E-state index in [1.807, 2.05) is 4.90 Å². The zero-order valence-electron chi connectivity index (χ0n) is 12.3. The summed E-state index contributed by atoms with van der Waals surface area (Å²) in [7, 11) is 0. The van der Waals surface area contributed by atoms with Crippen molar-refractivity contribution in [2.24, 2.45) is 0 Å². The summed E-state index contributed by atoms with van der Waals surface area (Å²) in [5.41, 5.74) is 0. The molecule has 6 heteroatoms. The monoisotopic (exact) mass is 330 g/mol. The van der Waals surface area contributed by atoms with Gasteiger partial charge in [0.05, 0.1) is 5.02 Å². The molecule has 0 bridgehead atoms. The number of hydrogen-bond donors (Lipinski definition) is 0. The topological polar surface area (TPSA) is 32.8 Å². The van der Waals surface area contributed by atoms with Crippen molar-refractivity contribution in [1.29, 1.82) is 0 Å². The van der Waals surface area contributed by atoms with Crippen LogP contribution in [0.1, 0.15) is 13.8 Å². The van der Waals surface area contributed by atoms with Crippen molar-refractivity contribution in [2.75, 3.05) is 32.8 Å². The van der Waals surface area contributed by atoms with Gasteiger partial charge in [0, 0.05) is 37.2 Å². The number of benzene rings is 1. The molecule has 0 aliphatic carbocycles. The molecule has 2 rings (SSSR count). The molecule has 1 aliphatic heterocycles. The average molecular weight is 331 g/mol. The second kappa shape index (κ2) is 7.34. The molecule has 1 fully saturated rings. The number of carbonyl (C=O) groups excluding carboxylic acids is 1. The van der Waals surface area contributed by atoms with E-state index in [-0.39, 0.29) is 12.5 Å². The number of ether oxygens (including phenoxy) is 1. The van der Waals surface area contributed by atoms with Gasteiger partial charge in [0.1, 0.15) is 5.75 Å². The lowest BCUT2D eigenvalue weighted by Gasteiger charge is -2.36. The van der Waals surface area contributed by atoms with E-state index in [9.17, 15) is 4.79 Å². The van der Waals surface area contributed by atoms with Gasteiger partial charge in [-0.3, -0.25) is 9.69 Å². The predicted molar refractivity (Wildman–Crippen MR) is 85.2 cm³/mol. The van der Waals surface area contributed by atoms with Crippen LogP contribution in [-0.2, 0) is 4.79 Å². The smallest absolute Gasteiger partial charge is 0.260 e. The number of carbonyl (C=O) groups is 1. The molecule has 0 atom stereocenters. The molecule has 0 unspecified atom stereocenters. The molecule has 1 heterocycles. The molecule has 1 saturated heterocycles. The van der Waals surface area contributed by atoms with Crippen LogP contribution in [-0.4, -0.2) is 54.5 Å². The fourth-order valence-electron chi connectivity index (χ4n) is 2.31. The Balaban J connectivity index is 1.82. The standard InChI is InChI=1S/C15H20Cl2N2O2/c1-11(2)18-5-7-19(8-6-18)15(20)10-21-14-4-3-12(16)9-13(14)17/h3-4,9,11H,5-8,10H2,1-2H3. The number of rotatable bonds is 4. The van der Waals surface area contributed by atoms with Crippen LogP contribution in [0.5, 0.6) is 5.75 Å². The van der Waals surface area contributed by atoms with Gasteiger partial charge in [0.15, 0.2) is 6.61 Å². The van der Waals surface area contributed by atoms with Crippen LogP contribution in [0.3, 0.4) is 0 Å². The first-order valence-electron chi connectivity index (χ1n) is 7.07. The van der Waals surface area contributed by atoms with E-state index in [0.717, 1.165) is 26.2 Å². The van der Waals surface area contributed by atoms with Crippen molar-refractivity contribution >= 4 is 29.1 Å². The minimum atomic E-state index is -0.00979. The first kappa shape index (κ1) is 16.4. The van der Waals surface area contributed by atoms with Gasteiger partial charge >= 0.3 is 0 Å². The van der Waals surface area contributed by atoms with Crippen molar-refractivity contribution in [3.05, 3.63) is 28.2 Å². The number of amides is 1. The molecule has 1 aromatic carbocycles. The Hall–Kier alpha value is -0.970. The van der Waals surface area contributed by atoms with E-state index < -0.39 is 0 Å². The lowest BCUT2D eigenvalue weighted by atomic mass is 10.2. The molecule has 0 aromatic heterocycles. The molecule has 0 N–H and O–H groups in total. The van der Waals surface area contributed by atoms with Gasteiger partial charge in [-0.2, -0.15) is 0 Å². The normalized spacial score (nSPS) is 16.3. The Kier molecular flexibility index (Phi) is 5.73. The molecule has 1 aliphatic rings. The third-order valence-corrected chi connectivity index (χ3v) is 4.17. The third-order valence-electron chi connectivity index (χ3n) is 3.64. The second-order valence-corrected chi connectivity index (χ2v) is 6.22. The second-order valence-electron chi connectivity index (χ2n) is 5.37. The third kappa shape index (κ3) is 4.50. The number of piperazine rings is 1. The molecule has 1 aromatic rings. The summed E-state index contributed by atoms with van der Waals surface area (Å²) in [5, 5.41) is 0.961. The van der Waals surface area contributed by atoms with E-state index in [4.69, 9.17) is 27.9 Å². The van der Waals surface area contributed by atoms with Crippen LogP contribution < -0.4 is 4.74 Å². The molecule has 4 nitrogen and oxygen atoms in total. The highest BCUT2D eigenvalue weighted by Gasteiger charge is 2.22. The zero-order valence-corrected chi connectivity index (χ0v) is 13.8. The van der Waals surface area contributed by atoms with E-state index >= 15 is 0 Å². The maximum atomic E-state index is 12.1. The van der Waals surface area contributed by atoms with E-state index in [1.54, 1.807) is 18.2 Å². The summed E-state index contributed by atoms with van der Waals surface area (Å²) >= 11 is 11.8. The molecule has 0 saturated carbocycles. The quantitative estimate of drug-likeness (QED) is 0.850. The Morgan fingerprint density at radius 3 is 2.48 bits per heavy atom. The lowest BCUT2D eigenvalue weighted by molar-refractivity contribution is -0.135. The van der Waals surface area contributed by atoms with Gasteiger partial charge in [0.25, 0.3) is 5.91 Å². The fourth-order valence-corrected chi connectivity index (χ4v) is 2.77. The molecular formula is C15H20Cl2N2O2. The number of nitrogens with zero attached hydrogens (tertiary/aromatic N) is 2. The molecule has 1 amide bonds. The van der Waals surface area contributed by atoms with Crippen LogP contribution in [0.2, 0.25) is 10.0 Å². The first-order chi connectivity index (χ1) is 9.97. The van der Waals surface area contributed by atoms with Crippen LogP contribution in [0.4, 0.5) is 0 Å². The number of halogens is 2. The maximum Gasteiger partial charge on any atom is 0.260 e. The number of hydrogen-bond acceptors (Lipinski definition) is 3. The van der Waals surface area contributed by atoms with Crippen molar-refractivity contribution in [1.82, 2.24) is 9.80 Å². The van der Waals surface area contributed by atoms with Gasteiger partial charge in [-0.25, -0.2) is 0 Å². The minimum Gasteiger partial charge on any atom is -0.482 e. The van der Waals surface area contributed by atoms with E-state index in [2.05, 4.69) is 18.7 Å². The minimum absolute atomic E-state index is 0.00301. The van der Waals surface area contributed by atoms with Crippen LogP contribution in [0.25, 0.3) is 0 Å². The molecule has 21 heavy (non-hydrogen) atoms. The summed E-state index contributed by atoms with van der Waals surface area (Å²) in [5.74, 6) is 0.472. The largest absolute Gasteiger partial charge is 0.482 e. The highest BCUT2D eigenvalue weighted by molar-refractivity contribution is 6.35. The van der Waals surface area contributed by atoms with E-state index in [0.29, 0.717) is 21.8 Å². The van der Waals surface area contributed by atoms with Crippen LogP contribution >= 0.6 is 23.2 Å². The lowest BCUT2D eigenvalue weighted by Crippen LogP contribution is -2.51. The average Bonchev–Trinajstić information content (AvgIpc) is 2.46. The summed E-state index contributed by atoms with van der Waals surface area (Å²) < 4.78 is 5.49. The van der Waals surface area contributed by atoms with Gasteiger partial charge in [-0.05, 0) is 32.0 Å².